The highest BCUT2D eigenvalue weighted by atomic mass is 16.5. The van der Waals surface area contributed by atoms with Crippen LogP contribution in [0.25, 0.3) is 0 Å². The molecule has 0 radical (unpaired) electrons. The first-order valence-corrected chi connectivity index (χ1v) is 9.96. The van der Waals surface area contributed by atoms with E-state index >= 15 is 0 Å². The van der Waals surface area contributed by atoms with Crippen LogP contribution in [-0.4, -0.2) is 45.2 Å². The Hall–Kier alpha value is -3.55. The first-order chi connectivity index (χ1) is 14.9. The Labute approximate surface area is 181 Å². The van der Waals surface area contributed by atoms with Crippen molar-refractivity contribution in [2.24, 2.45) is 5.92 Å². The summed E-state index contributed by atoms with van der Waals surface area (Å²) in [6.45, 7) is 1.59. The number of amides is 2. The van der Waals surface area contributed by atoms with E-state index in [9.17, 15) is 14.4 Å². The molecule has 1 fully saturated rings. The molecule has 2 aromatic rings. The number of esters is 1. The second-order valence-corrected chi connectivity index (χ2v) is 7.25. The Morgan fingerprint density at radius 3 is 2.55 bits per heavy atom. The lowest BCUT2D eigenvalue weighted by molar-refractivity contribution is -0.152. The average Bonchev–Trinajstić information content (AvgIpc) is 3.19. The molecule has 31 heavy (non-hydrogen) atoms. The highest BCUT2D eigenvalue weighted by molar-refractivity contribution is 6.01. The van der Waals surface area contributed by atoms with Crippen molar-refractivity contribution >= 4 is 23.5 Å². The lowest BCUT2D eigenvalue weighted by Gasteiger charge is -2.20. The maximum absolute atomic E-state index is 12.5. The molecule has 1 N–H and O–H groups in total. The summed E-state index contributed by atoms with van der Waals surface area (Å²) in [7, 11) is 3.04. The Bertz CT molecular complexity index is 946. The smallest absolute Gasteiger partial charge is 0.311 e. The van der Waals surface area contributed by atoms with Crippen molar-refractivity contribution in [2.75, 3.05) is 32.3 Å². The van der Waals surface area contributed by atoms with Gasteiger partial charge in [0.05, 0.1) is 31.9 Å². The van der Waals surface area contributed by atoms with Gasteiger partial charge >= 0.3 is 5.97 Å². The molecule has 0 unspecified atom stereocenters. The SMILES string of the molecule is COc1ccc(OC)c(N2C[C@@H](C(=O)OCC(=O)N[C@@H](C)c3ccccc3)CC2=O)c1. The Morgan fingerprint density at radius 1 is 1.13 bits per heavy atom. The van der Waals surface area contributed by atoms with Crippen molar-refractivity contribution in [2.45, 2.75) is 19.4 Å². The molecule has 1 saturated heterocycles. The van der Waals surface area contributed by atoms with Gasteiger partial charge in [-0.1, -0.05) is 30.3 Å². The van der Waals surface area contributed by atoms with Gasteiger partial charge in [-0.2, -0.15) is 0 Å². The number of ether oxygens (including phenoxy) is 3. The van der Waals surface area contributed by atoms with Crippen molar-refractivity contribution < 1.29 is 28.6 Å². The summed E-state index contributed by atoms with van der Waals surface area (Å²) in [5, 5.41) is 2.79. The van der Waals surface area contributed by atoms with Crippen LogP contribution >= 0.6 is 0 Å². The molecular formula is C23H26N2O6. The first-order valence-electron chi connectivity index (χ1n) is 9.96. The number of methoxy groups -OCH3 is 2. The van der Waals surface area contributed by atoms with Gasteiger partial charge in [-0.3, -0.25) is 14.4 Å². The van der Waals surface area contributed by atoms with Crippen LogP contribution in [0, 0.1) is 5.92 Å². The van der Waals surface area contributed by atoms with Gasteiger partial charge in [0.2, 0.25) is 5.91 Å². The molecule has 8 heteroatoms. The summed E-state index contributed by atoms with van der Waals surface area (Å²) >= 11 is 0. The maximum atomic E-state index is 12.5. The fraction of sp³-hybridized carbons (Fsp3) is 0.348. The van der Waals surface area contributed by atoms with Crippen LogP contribution < -0.4 is 19.7 Å². The predicted molar refractivity (Wildman–Crippen MR) is 114 cm³/mol. The molecule has 1 aliphatic rings. The quantitative estimate of drug-likeness (QED) is 0.652. The van der Waals surface area contributed by atoms with Gasteiger partial charge in [-0.15, -0.1) is 0 Å². The zero-order chi connectivity index (χ0) is 22.4. The van der Waals surface area contributed by atoms with E-state index in [4.69, 9.17) is 14.2 Å². The van der Waals surface area contributed by atoms with E-state index in [1.54, 1.807) is 18.2 Å². The standard InChI is InChI=1S/C23H26N2O6/c1-15(16-7-5-4-6-8-16)24-21(26)14-31-23(28)17-11-22(27)25(13-17)19-12-18(29-2)9-10-20(19)30-3/h4-10,12,15,17H,11,13-14H2,1-3H3,(H,24,26)/t15-,17-/m0/s1. The number of hydrogen-bond donors (Lipinski definition) is 1. The monoisotopic (exact) mass is 426 g/mol. The second-order valence-electron chi connectivity index (χ2n) is 7.25. The van der Waals surface area contributed by atoms with Gasteiger partial charge in [0.15, 0.2) is 6.61 Å². The third kappa shape index (κ3) is 5.33. The summed E-state index contributed by atoms with van der Waals surface area (Å²) in [5.41, 5.74) is 1.48. The maximum Gasteiger partial charge on any atom is 0.311 e. The molecule has 164 valence electrons. The molecule has 0 saturated carbocycles. The molecule has 2 amide bonds. The molecule has 0 spiro atoms. The zero-order valence-electron chi connectivity index (χ0n) is 17.8. The number of benzene rings is 2. The van der Waals surface area contributed by atoms with Gasteiger partial charge < -0.3 is 24.4 Å². The molecule has 1 heterocycles. The summed E-state index contributed by atoms with van der Waals surface area (Å²) < 4.78 is 15.7. The van der Waals surface area contributed by atoms with E-state index in [2.05, 4.69) is 5.32 Å². The Morgan fingerprint density at radius 2 is 1.87 bits per heavy atom. The lowest BCUT2D eigenvalue weighted by Crippen LogP contribution is -2.32. The minimum atomic E-state index is -0.664. The number of anilines is 1. The van der Waals surface area contributed by atoms with Crippen LogP contribution in [0.5, 0.6) is 11.5 Å². The summed E-state index contributed by atoms with van der Waals surface area (Å²) in [6, 6.07) is 14.4. The van der Waals surface area contributed by atoms with Crippen LogP contribution in [0.1, 0.15) is 24.9 Å². The van der Waals surface area contributed by atoms with Gasteiger partial charge in [-0.25, -0.2) is 0 Å². The fourth-order valence-electron chi connectivity index (χ4n) is 3.47. The Kier molecular flexibility index (Phi) is 7.12. The summed E-state index contributed by atoms with van der Waals surface area (Å²) in [6.07, 6.45) is 0.00122. The molecule has 3 rings (SSSR count). The van der Waals surface area contributed by atoms with Crippen LogP contribution in [0.3, 0.4) is 0 Å². The molecule has 2 aromatic carbocycles. The molecule has 0 aromatic heterocycles. The van der Waals surface area contributed by atoms with E-state index in [0.717, 1.165) is 5.56 Å². The van der Waals surface area contributed by atoms with E-state index in [1.165, 1.54) is 19.1 Å². The highest BCUT2D eigenvalue weighted by Crippen LogP contribution is 2.36. The zero-order valence-corrected chi connectivity index (χ0v) is 17.8. The molecular weight excluding hydrogens is 400 g/mol. The van der Waals surface area contributed by atoms with Crippen molar-refractivity contribution in [3.63, 3.8) is 0 Å². The van der Waals surface area contributed by atoms with E-state index in [0.29, 0.717) is 17.2 Å². The average molecular weight is 426 g/mol. The molecule has 8 nitrogen and oxygen atoms in total. The second kappa shape index (κ2) is 9.97. The third-order valence-electron chi connectivity index (χ3n) is 5.16. The number of nitrogens with one attached hydrogen (secondary N) is 1. The minimum absolute atomic E-state index is 0.00122. The number of rotatable bonds is 8. The predicted octanol–water partition coefficient (Wildman–Crippen LogP) is 2.48. The van der Waals surface area contributed by atoms with Crippen LogP contribution in [0.2, 0.25) is 0 Å². The van der Waals surface area contributed by atoms with Crippen LogP contribution in [0.4, 0.5) is 5.69 Å². The number of carbonyl (C=O) groups excluding carboxylic acids is 3. The normalized spacial score (nSPS) is 16.5. The van der Waals surface area contributed by atoms with E-state index in [1.807, 2.05) is 37.3 Å². The van der Waals surface area contributed by atoms with Crippen LogP contribution in [-0.2, 0) is 19.1 Å². The van der Waals surface area contributed by atoms with Gasteiger partial charge in [0.25, 0.3) is 5.91 Å². The van der Waals surface area contributed by atoms with Crippen molar-refractivity contribution in [1.29, 1.82) is 0 Å². The summed E-state index contributed by atoms with van der Waals surface area (Å²) in [5.74, 6) is -0.810. The summed E-state index contributed by atoms with van der Waals surface area (Å²) in [4.78, 5) is 38.6. The highest BCUT2D eigenvalue weighted by Gasteiger charge is 2.37. The lowest BCUT2D eigenvalue weighted by atomic mass is 10.1. The minimum Gasteiger partial charge on any atom is -0.497 e. The largest absolute Gasteiger partial charge is 0.497 e. The number of nitrogens with zero attached hydrogens (tertiary/aromatic N) is 1. The van der Waals surface area contributed by atoms with Gasteiger partial charge in [0.1, 0.15) is 11.5 Å². The third-order valence-corrected chi connectivity index (χ3v) is 5.16. The molecule has 0 aliphatic carbocycles. The van der Waals surface area contributed by atoms with Crippen molar-refractivity contribution in [3.05, 3.63) is 54.1 Å². The fourth-order valence-corrected chi connectivity index (χ4v) is 3.47. The molecule has 0 bridgehead atoms. The molecule has 1 aliphatic heterocycles. The van der Waals surface area contributed by atoms with E-state index < -0.39 is 24.4 Å². The van der Waals surface area contributed by atoms with Crippen molar-refractivity contribution in [3.8, 4) is 11.5 Å². The topological polar surface area (TPSA) is 94.2 Å². The van der Waals surface area contributed by atoms with E-state index in [-0.39, 0.29) is 24.9 Å². The van der Waals surface area contributed by atoms with Gasteiger partial charge in [0, 0.05) is 19.0 Å². The number of hydrogen-bond acceptors (Lipinski definition) is 6. The van der Waals surface area contributed by atoms with Crippen molar-refractivity contribution in [1.82, 2.24) is 5.32 Å². The van der Waals surface area contributed by atoms with Gasteiger partial charge in [-0.05, 0) is 24.6 Å². The first kappa shape index (κ1) is 22.1. The number of carbonyl (C=O) groups is 3. The van der Waals surface area contributed by atoms with Crippen LogP contribution in [0.15, 0.2) is 48.5 Å². The Balaban J connectivity index is 1.56. The molecule has 2 atom stereocenters.